The van der Waals surface area contributed by atoms with Crippen molar-refractivity contribution in [3.05, 3.63) is 23.8 Å². The summed E-state index contributed by atoms with van der Waals surface area (Å²) in [5, 5.41) is 2.73. The molecular formula is C21H28N4O4. The van der Waals surface area contributed by atoms with Crippen molar-refractivity contribution in [2.75, 3.05) is 47.1 Å². The summed E-state index contributed by atoms with van der Waals surface area (Å²) in [6, 6.07) is 6.48. The maximum Gasteiger partial charge on any atom is 0.317 e. The molecule has 5 heterocycles. The maximum atomic E-state index is 13.1. The van der Waals surface area contributed by atoms with E-state index in [1.165, 1.54) is 10.5 Å². The Kier molecular flexibility index (Phi) is 4.53. The summed E-state index contributed by atoms with van der Waals surface area (Å²) in [5.41, 5.74) is 1.20. The van der Waals surface area contributed by atoms with E-state index in [0.29, 0.717) is 18.5 Å². The Labute approximate surface area is 170 Å². The van der Waals surface area contributed by atoms with Crippen LogP contribution in [-0.4, -0.2) is 85.8 Å². The molecule has 3 atom stereocenters. The molecule has 0 unspecified atom stereocenters. The van der Waals surface area contributed by atoms with E-state index in [2.05, 4.69) is 22.3 Å². The second kappa shape index (κ2) is 7.09. The van der Waals surface area contributed by atoms with Crippen molar-refractivity contribution in [1.82, 2.24) is 20.0 Å². The summed E-state index contributed by atoms with van der Waals surface area (Å²) in [4.78, 5) is 31.0. The fourth-order valence-corrected chi connectivity index (χ4v) is 5.55. The lowest BCUT2D eigenvalue weighted by molar-refractivity contribution is -0.134. The van der Waals surface area contributed by atoms with Gasteiger partial charge in [0.25, 0.3) is 0 Å². The first-order valence-electron chi connectivity index (χ1n) is 10.4. The number of carbonyl (C=O) groups excluding carboxylic acids is 2. The van der Waals surface area contributed by atoms with Gasteiger partial charge < -0.3 is 24.6 Å². The lowest BCUT2D eigenvalue weighted by Crippen LogP contribution is -2.61. The van der Waals surface area contributed by atoms with Crippen LogP contribution in [0, 0.1) is 5.92 Å². The number of fused-ring (bicyclic) bond motifs is 3. The molecule has 0 spiro atoms. The molecule has 1 aromatic rings. The molecule has 0 saturated carbocycles. The van der Waals surface area contributed by atoms with E-state index in [1.807, 2.05) is 11.0 Å². The van der Waals surface area contributed by atoms with E-state index in [4.69, 9.17) is 9.47 Å². The molecule has 29 heavy (non-hydrogen) atoms. The molecule has 5 aliphatic rings. The van der Waals surface area contributed by atoms with Gasteiger partial charge in [0.15, 0.2) is 11.5 Å². The predicted molar refractivity (Wildman–Crippen MR) is 106 cm³/mol. The van der Waals surface area contributed by atoms with E-state index < -0.39 is 0 Å². The van der Waals surface area contributed by atoms with Gasteiger partial charge in [-0.25, -0.2) is 4.79 Å². The molecule has 8 heteroatoms. The highest BCUT2D eigenvalue weighted by atomic mass is 16.7. The summed E-state index contributed by atoms with van der Waals surface area (Å²) in [6.07, 6.45) is 2.28. The molecule has 4 fully saturated rings. The minimum absolute atomic E-state index is 0.00666. The van der Waals surface area contributed by atoms with Crippen LogP contribution < -0.4 is 14.8 Å². The summed E-state index contributed by atoms with van der Waals surface area (Å²) in [6.45, 7) is 3.19. The first-order chi connectivity index (χ1) is 14.0. The van der Waals surface area contributed by atoms with E-state index in [9.17, 15) is 9.59 Å². The number of amides is 3. The van der Waals surface area contributed by atoms with Crippen LogP contribution in [0.25, 0.3) is 0 Å². The first-order valence-corrected chi connectivity index (χ1v) is 10.4. The summed E-state index contributed by atoms with van der Waals surface area (Å²) in [7, 11) is 3.35. The fraction of sp³-hybridized carbons (Fsp3) is 0.619. The highest BCUT2D eigenvalue weighted by Gasteiger charge is 2.54. The largest absolute Gasteiger partial charge is 0.454 e. The average Bonchev–Trinajstić information content (AvgIpc) is 3.37. The highest BCUT2D eigenvalue weighted by molar-refractivity contribution is 5.84. The van der Waals surface area contributed by atoms with Crippen molar-refractivity contribution < 1.29 is 19.1 Å². The molecule has 6 rings (SSSR count). The molecular weight excluding hydrogens is 372 g/mol. The van der Waals surface area contributed by atoms with Crippen molar-refractivity contribution in [3.8, 4) is 11.5 Å². The predicted octanol–water partition coefficient (Wildman–Crippen LogP) is 1.08. The second-order valence-corrected chi connectivity index (χ2v) is 8.67. The maximum absolute atomic E-state index is 13.1. The zero-order valence-electron chi connectivity index (χ0n) is 17.0. The molecule has 3 amide bonds. The number of hydrogen-bond donors (Lipinski definition) is 1. The highest BCUT2D eigenvalue weighted by Crippen LogP contribution is 2.47. The van der Waals surface area contributed by atoms with Crippen molar-refractivity contribution in [2.24, 2.45) is 5.92 Å². The van der Waals surface area contributed by atoms with Crippen molar-refractivity contribution in [1.29, 1.82) is 0 Å². The van der Waals surface area contributed by atoms with Crippen LogP contribution in [0.5, 0.6) is 11.5 Å². The smallest absolute Gasteiger partial charge is 0.317 e. The monoisotopic (exact) mass is 400 g/mol. The molecule has 5 aliphatic heterocycles. The molecule has 1 N–H and O–H groups in total. The Balaban J connectivity index is 1.40. The van der Waals surface area contributed by atoms with E-state index in [-0.39, 0.29) is 37.2 Å². The van der Waals surface area contributed by atoms with Crippen LogP contribution >= 0.6 is 0 Å². The number of hydrogen-bond acceptors (Lipinski definition) is 5. The zero-order valence-corrected chi connectivity index (χ0v) is 17.0. The van der Waals surface area contributed by atoms with Crippen LogP contribution in [0.4, 0.5) is 4.79 Å². The summed E-state index contributed by atoms with van der Waals surface area (Å²) >= 11 is 0. The Morgan fingerprint density at radius 3 is 2.66 bits per heavy atom. The van der Waals surface area contributed by atoms with Crippen LogP contribution in [0.2, 0.25) is 0 Å². The van der Waals surface area contributed by atoms with Gasteiger partial charge in [-0.15, -0.1) is 0 Å². The van der Waals surface area contributed by atoms with E-state index >= 15 is 0 Å². The van der Waals surface area contributed by atoms with Crippen LogP contribution in [-0.2, 0) is 4.79 Å². The number of nitrogens with zero attached hydrogens (tertiary/aromatic N) is 3. The minimum Gasteiger partial charge on any atom is -0.454 e. The number of benzene rings is 1. The van der Waals surface area contributed by atoms with Gasteiger partial charge in [0.1, 0.15) is 0 Å². The number of carbonyl (C=O) groups is 2. The topological polar surface area (TPSA) is 74.4 Å². The van der Waals surface area contributed by atoms with Gasteiger partial charge in [0.05, 0.1) is 12.6 Å². The Morgan fingerprint density at radius 1 is 1.14 bits per heavy atom. The Bertz CT molecular complexity index is 821. The van der Waals surface area contributed by atoms with Gasteiger partial charge in [0.2, 0.25) is 12.7 Å². The molecule has 8 nitrogen and oxygen atoms in total. The lowest BCUT2D eigenvalue weighted by atomic mass is 9.75. The van der Waals surface area contributed by atoms with Gasteiger partial charge in [0, 0.05) is 32.6 Å². The van der Waals surface area contributed by atoms with Gasteiger partial charge in [-0.3, -0.25) is 9.69 Å². The third-order valence-electron chi connectivity index (χ3n) is 6.94. The number of rotatable bonds is 3. The van der Waals surface area contributed by atoms with Gasteiger partial charge >= 0.3 is 6.03 Å². The van der Waals surface area contributed by atoms with Crippen LogP contribution in [0.3, 0.4) is 0 Å². The fourth-order valence-electron chi connectivity index (χ4n) is 5.55. The normalized spacial score (nSPS) is 31.5. The molecule has 0 radical (unpaired) electrons. The SMILES string of the molecule is CN(C)C(=O)NCC(=O)N1C[C@@H](c2ccc3c(c2)OCO3)[C@@H]2[C@H]1C1CCN2CC1. The number of likely N-dealkylation sites (tertiary alicyclic amines) is 1. The van der Waals surface area contributed by atoms with Crippen molar-refractivity contribution in [2.45, 2.75) is 30.8 Å². The molecule has 2 bridgehead atoms. The summed E-state index contributed by atoms with van der Waals surface area (Å²) < 4.78 is 11.1. The Hall–Kier alpha value is -2.48. The third kappa shape index (κ3) is 3.10. The van der Waals surface area contributed by atoms with E-state index in [0.717, 1.165) is 37.4 Å². The van der Waals surface area contributed by atoms with Gasteiger partial charge in [-0.1, -0.05) is 6.07 Å². The zero-order chi connectivity index (χ0) is 20.1. The van der Waals surface area contributed by atoms with Crippen LogP contribution in [0.1, 0.15) is 24.3 Å². The molecule has 1 aromatic carbocycles. The molecule has 4 saturated heterocycles. The van der Waals surface area contributed by atoms with Crippen LogP contribution in [0.15, 0.2) is 18.2 Å². The summed E-state index contributed by atoms with van der Waals surface area (Å²) in [5.74, 6) is 2.36. The minimum atomic E-state index is -0.240. The number of piperidine rings is 3. The lowest BCUT2D eigenvalue weighted by Gasteiger charge is -2.51. The van der Waals surface area contributed by atoms with E-state index in [1.54, 1.807) is 14.1 Å². The second-order valence-electron chi connectivity index (χ2n) is 8.67. The Morgan fingerprint density at radius 2 is 1.90 bits per heavy atom. The number of nitrogens with one attached hydrogen (secondary N) is 1. The average molecular weight is 400 g/mol. The molecule has 0 aliphatic carbocycles. The number of urea groups is 1. The standard InChI is InChI=1S/C21H28N4O4/c1-23(2)21(27)22-10-18(26)25-11-15(14-3-4-16-17(9-14)29-12-28-16)20-19(25)13-5-7-24(20)8-6-13/h3-4,9,13,15,19-20H,5-8,10-12H2,1-2H3,(H,22,27)/t15-,19+,20+/m0/s1. The first kappa shape index (κ1) is 18.5. The third-order valence-corrected chi connectivity index (χ3v) is 6.94. The molecule has 0 aromatic heterocycles. The van der Waals surface area contributed by atoms with Gasteiger partial charge in [-0.2, -0.15) is 0 Å². The van der Waals surface area contributed by atoms with Crippen molar-refractivity contribution in [3.63, 3.8) is 0 Å². The quantitative estimate of drug-likeness (QED) is 0.822. The number of ether oxygens (including phenoxy) is 2. The molecule has 156 valence electrons. The van der Waals surface area contributed by atoms with Gasteiger partial charge in [-0.05, 0) is 49.5 Å². The van der Waals surface area contributed by atoms with Crippen molar-refractivity contribution >= 4 is 11.9 Å².